The first kappa shape index (κ1) is 9.57. The van der Waals surface area contributed by atoms with E-state index < -0.39 is 0 Å². The normalized spacial score (nSPS) is 8.20. The maximum absolute atomic E-state index is 10.7. The summed E-state index contributed by atoms with van der Waals surface area (Å²) in [6.45, 7) is 3.29. The van der Waals surface area contributed by atoms with Gasteiger partial charge in [-0.05, 0) is 0 Å². The summed E-state index contributed by atoms with van der Waals surface area (Å²) in [5.41, 5.74) is 2.42. The Bertz CT molecular complexity index is 163. The van der Waals surface area contributed by atoms with Crippen molar-refractivity contribution in [3.05, 3.63) is 18.5 Å². The number of amides is 1. The summed E-state index contributed by atoms with van der Waals surface area (Å²) in [4.78, 5) is 12.0. The molecule has 0 unspecified atom stereocenters. The average molecular weight is 180 g/mol. The van der Waals surface area contributed by atoms with Gasteiger partial charge in [0.15, 0.2) is 0 Å². The zero-order valence-electron chi connectivity index (χ0n) is 5.31. The molecule has 10 heavy (non-hydrogen) atoms. The van der Waals surface area contributed by atoms with Gasteiger partial charge in [0.05, 0.1) is 0 Å². The van der Waals surface area contributed by atoms with Gasteiger partial charge in [-0.2, -0.15) is 0 Å². The fraction of sp³-hybridized carbons (Fsp3) is 0.333. The molecule has 1 amide bonds. The average Bonchev–Trinajstić information content (AvgIpc) is 1.99. The van der Waals surface area contributed by atoms with Crippen molar-refractivity contribution >= 4 is 29.1 Å². The Morgan fingerprint density at radius 1 is 1.70 bits per heavy atom. The molecule has 0 aromatic carbocycles. The molecule has 0 bridgehead atoms. The predicted molar refractivity (Wildman–Crippen MR) is 42.0 cm³/mol. The van der Waals surface area contributed by atoms with E-state index >= 15 is 0 Å². The first-order valence-corrected chi connectivity index (χ1v) is 3.60. The second kappa shape index (κ2) is 5.36. The van der Waals surface area contributed by atoms with Crippen LogP contribution >= 0.6 is 23.2 Å². The molecule has 2 nitrogen and oxygen atoms in total. The molecule has 0 aromatic heterocycles. The number of rotatable bonds is 3. The molecule has 4 heteroatoms. The second-order valence-electron chi connectivity index (χ2n) is 1.45. The van der Waals surface area contributed by atoms with Crippen molar-refractivity contribution in [1.29, 1.82) is 0 Å². The molecule has 0 fully saturated rings. The third-order valence-electron chi connectivity index (χ3n) is 0.811. The van der Waals surface area contributed by atoms with Crippen molar-refractivity contribution in [3.8, 4) is 0 Å². The highest BCUT2D eigenvalue weighted by atomic mass is 35.5. The molecule has 0 heterocycles. The summed E-state index contributed by atoms with van der Waals surface area (Å²) in [6, 6.07) is 0.0775. The standard InChI is InChI=1S/C6H7Cl2NO/c1-2-3-9(5-8)6(10)4-7/h3H,1,4-5H2. The Kier molecular flexibility index (Phi) is 5.13. The maximum Gasteiger partial charge on any atom is 0.242 e. The summed E-state index contributed by atoms with van der Waals surface area (Å²) in [5.74, 6) is -0.335. The Labute approximate surface area is 69.7 Å². The van der Waals surface area contributed by atoms with Crippen molar-refractivity contribution in [2.45, 2.75) is 0 Å². The number of halogens is 2. The Morgan fingerprint density at radius 3 is 2.60 bits per heavy atom. The van der Waals surface area contributed by atoms with Crippen molar-refractivity contribution in [2.75, 3.05) is 11.9 Å². The number of nitrogens with zero attached hydrogens (tertiary/aromatic N) is 1. The smallest absolute Gasteiger partial charge is 0.242 e. The molecular formula is C6H7Cl2NO. The number of alkyl halides is 2. The topological polar surface area (TPSA) is 20.3 Å². The fourth-order valence-electron chi connectivity index (χ4n) is 0.360. The number of carbonyl (C=O) groups excluding carboxylic acids is 1. The van der Waals surface area contributed by atoms with E-state index in [1.54, 1.807) is 0 Å². The molecule has 56 valence electrons. The Hall–Kier alpha value is -0.430. The Balaban J connectivity index is 4.05. The van der Waals surface area contributed by atoms with Gasteiger partial charge < -0.3 is 0 Å². The van der Waals surface area contributed by atoms with Gasteiger partial charge in [0.1, 0.15) is 11.9 Å². The van der Waals surface area contributed by atoms with Crippen LogP contribution in [0, 0.1) is 0 Å². The molecule has 0 aliphatic heterocycles. The highest BCUT2D eigenvalue weighted by Crippen LogP contribution is 1.94. The van der Waals surface area contributed by atoms with E-state index in [0.29, 0.717) is 0 Å². The van der Waals surface area contributed by atoms with E-state index in [-0.39, 0.29) is 17.8 Å². The van der Waals surface area contributed by atoms with Gasteiger partial charge in [-0.15, -0.1) is 28.9 Å². The van der Waals surface area contributed by atoms with E-state index in [4.69, 9.17) is 23.2 Å². The lowest BCUT2D eigenvalue weighted by Crippen LogP contribution is -2.24. The summed E-state index contributed by atoms with van der Waals surface area (Å²) >= 11 is 10.6. The first-order valence-electron chi connectivity index (χ1n) is 2.53. The van der Waals surface area contributed by atoms with Crippen LogP contribution in [0.5, 0.6) is 0 Å². The van der Waals surface area contributed by atoms with Crippen LogP contribution in [0.25, 0.3) is 0 Å². The minimum Gasteiger partial charge on any atom is -0.297 e. The second-order valence-corrected chi connectivity index (χ2v) is 1.96. The summed E-state index contributed by atoms with van der Waals surface area (Å²) < 4.78 is 0. The van der Waals surface area contributed by atoms with Crippen LogP contribution < -0.4 is 0 Å². The van der Waals surface area contributed by atoms with E-state index in [2.05, 4.69) is 12.3 Å². The monoisotopic (exact) mass is 179 g/mol. The van der Waals surface area contributed by atoms with Gasteiger partial charge >= 0.3 is 0 Å². The Morgan fingerprint density at radius 2 is 2.30 bits per heavy atom. The number of carbonyl (C=O) groups is 1. The van der Waals surface area contributed by atoms with Crippen LogP contribution in [0.4, 0.5) is 0 Å². The summed E-state index contributed by atoms with van der Waals surface area (Å²) in [6.07, 6.45) is 1.36. The van der Waals surface area contributed by atoms with Crippen LogP contribution in [0.15, 0.2) is 18.5 Å². The highest BCUT2D eigenvalue weighted by Gasteiger charge is 2.05. The van der Waals surface area contributed by atoms with E-state index in [9.17, 15) is 4.79 Å². The first-order chi connectivity index (χ1) is 4.76. The lowest BCUT2D eigenvalue weighted by atomic mass is 10.6. The van der Waals surface area contributed by atoms with E-state index in [0.717, 1.165) is 0 Å². The van der Waals surface area contributed by atoms with Crippen LogP contribution in [0.2, 0.25) is 0 Å². The van der Waals surface area contributed by atoms with Crippen molar-refractivity contribution in [3.63, 3.8) is 0 Å². The summed E-state index contributed by atoms with van der Waals surface area (Å²) in [5, 5.41) is 0. The lowest BCUT2D eigenvalue weighted by molar-refractivity contribution is -0.125. The van der Waals surface area contributed by atoms with Crippen molar-refractivity contribution < 1.29 is 4.79 Å². The molecule has 0 N–H and O–H groups in total. The fourth-order valence-corrected chi connectivity index (χ4v) is 0.716. The van der Waals surface area contributed by atoms with Gasteiger partial charge in [0.25, 0.3) is 0 Å². The van der Waals surface area contributed by atoms with Gasteiger partial charge in [0, 0.05) is 6.20 Å². The van der Waals surface area contributed by atoms with Crippen LogP contribution in [-0.4, -0.2) is 22.7 Å². The van der Waals surface area contributed by atoms with Crippen LogP contribution in [-0.2, 0) is 4.79 Å². The van der Waals surface area contributed by atoms with Gasteiger partial charge in [-0.3, -0.25) is 9.69 Å². The SMILES string of the molecule is C=C=CN(CCl)C(=O)CCl. The molecule has 0 aliphatic rings. The van der Waals surface area contributed by atoms with Crippen LogP contribution in [0.3, 0.4) is 0 Å². The van der Waals surface area contributed by atoms with Gasteiger partial charge in [-0.1, -0.05) is 6.58 Å². The zero-order chi connectivity index (χ0) is 7.98. The molecule has 0 atom stereocenters. The van der Waals surface area contributed by atoms with E-state index in [1.807, 2.05) is 0 Å². The summed E-state index contributed by atoms with van der Waals surface area (Å²) in [7, 11) is 0. The minimum absolute atomic E-state index is 0.0775. The van der Waals surface area contributed by atoms with Gasteiger partial charge in [0.2, 0.25) is 5.91 Å². The molecule has 0 aromatic rings. The zero-order valence-corrected chi connectivity index (χ0v) is 6.82. The molecule has 0 aliphatic carbocycles. The van der Waals surface area contributed by atoms with Crippen LogP contribution in [0.1, 0.15) is 0 Å². The highest BCUT2D eigenvalue weighted by molar-refractivity contribution is 6.28. The molecule has 0 rings (SSSR count). The lowest BCUT2D eigenvalue weighted by Gasteiger charge is -2.10. The molecule has 0 saturated carbocycles. The predicted octanol–water partition coefficient (Wildman–Crippen LogP) is 1.55. The number of hydrogen-bond donors (Lipinski definition) is 0. The number of hydrogen-bond acceptors (Lipinski definition) is 1. The van der Waals surface area contributed by atoms with E-state index in [1.165, 1.54) is 11.1 Å². The molecule has 0 spiro atoms. The van der Waals surface area contributed by atoms with Gasteiger partial charge in [-0.25, -0.2) is 0 Å². The van der Waals surface area contributed by atoms with Crippen molar-refractivity contribution in [2.24, 2.45) is 0 Å². The maximum atomic E-state index is 10.7. The minimum atomic E-state index is -0.257. The molecule has 0 saturated heterocycles. The third-order valence-corrected chi connectivity index (χ3v) is 1.30. The molecule has 0 radical (unpaired) electrons. The largest absolute Gasteiger partial charge is 0.297 e. The molecular weight excluding hydrogens is 173 g/mol. The van der Waals surface area contributed by atoms with Crippen molar-refractivity contribution in [1.82, 2.24) is 4.90 Å². The quantitative estimate of drug-likeness (QED) is 0.366. The third kappa shape index (κ3) is 2.92.